The lowest BCUT2D eigenvalue weighted by atomic mass is 9.93. The number of nitrogens with zero attached hydrogens (tertiary/aromatic N) is 7. The Kier molecular flexibility index (Phi) is 7.89. The summed E-state index contributed by atoms with van der Waals surface area (Å²) in [5.41, 5.74) is 4.52. The molecular weight excluding hydrogens is 518 g/mol. The smallest absolute Gasteiger partial charge is 0.192 e. The van der Waals surface area contributed by atoms with E-state index in [0.717, 1.165) is 73.1 Å². The van der Waals surface area contributed by atoms with E-state index in [1.54, 1.807) is 6.33 Å². The first-order valence-corrected chi connectivity index (χ1v) is 17.1. The standard InChI is InChI=1S/C30H41N7O2Si/c1-30(2,3)40(5,6)39-17-15-36-14-16-38-28-25(19-32-20-26(28)36)24-9-7-8-23(18-31)27(24)37-12-10-22(11-13-37)29-34-33-21-35(29)4/h7-9,19-22H,10-17H2,1-6H3. The first-order valence-electron chi connectivity index (χ1n) is 14.2. The van der Waals surface area contributed by atoms with Crippen molar-refractivity contribution in [3.05, 3.63) is 48.3 Å². The van der Waals surface area contributed by atoms with Crippen molar-refractivity contribution in [3.8, 4) is 22.9 Å². The minimum absolute atomic E-state index is 0.176. The highest BCUT2D eigenvalue weighted by Gasteiger charge is 2.37. The Morgan fingerprint density at radius 1 is 1.12 bits per heavy atom. The zero-order valence-corrected chi connectivity index (χ0v) is 25.6. The van der Waals surface area contributed by atoms with E-state index in [4.69, 9.17) is 9.16 Å². The highest BCUT2D eigenvalue weighted by molar-refractivity contribution is 6.74. The van der Waals surface area contributed by atoms with Crippen molar-refractivity contribution >= 4 is 19.7 Å². The molecule has 2 aromatic heterocycles. The number of anilines is 2. The van der Waals surface area contributed by atoms with E-state index in [1.165, 1.54) is 0 Å². The minimum atomic E-state index is -1.83. The molecule has 0 atom stereocenters. The molecule has 0 bridgehead atoms. The number of rotatable bonds is 7. The zero-order chi connectivity index (χ0) is 28.5. The van der Waals surface area contributed by atoms with Crippen LogP contribution in [0.2, 0.25) is 18.1 Å². The van der Waals surface area contributed by atoms with Gasteiger partial charge in [0.1, 0.15) is 24.8 Å². The van der Waals surface area contributed by atoms with Crippen molar-refractivity contribution in [2.45, 2.75) is 57.7 Å². The molecule has 0 saturated carbocycles. The molecule has 1 saturated heterocycles. The van der Waals surface area contributed by atoms with E-state index in [9.17, 15) is 5.26 Å². The van der Waals surface area contributed by atoms with Gasteiger partial charge >= 0.3 is 0 Å². The van der Waals surface area contributed by atoms with E-state index >= 15 is 0 Å². The zero-order valence-electron chi connectivity index (χ0n) is 24.6. The van der Waals surface area contributed by atoms with Gasteiger partial charge in [0.2, 0.25) is 0 Å². The normalized spacial score (nSPS) is 16.4. The summed E-state index contributed by atoms with van der Waals surface area (Å²) >= 11 is 0. The van der Waals surface area contributed by atoms with Crippen LogP contribution in [0.25, 0.3) is 11.1 Å². The fraction of sp³-hybridized carbons (Fsp3) is 0.533. The first-order chi connectivity index (χ1) is 19.1. The molecule has 0 radical (unpaired) electrons. The maximum atomic E-state index is 10.1. The van der Waals surface area contributed by atoms with E-state index in [-0.39, 0.29) is 5.04 Å². The lowest BCUT2D eigenvalue weighted by molar-refractivity contribution is 0.275. The summed E-state index contributed by atoms with van der Waals surface area (Å²) in [5.74, 6) is 2.22. The highest BCUT2D eigenvalue weighted by Crippen LogP contribution is 2.45. The monoisotopic (exact) mass is 559 g/mol. The second-order valence-corrected chi connectivity index (χ2v) is 17.2. The minimum Gasteiger partial charge on any atom is -0.489 e. The predicted molar refractivity (Wildman–Crippen MR) is 160 cm³/mol. The van der Waals surface area contributed by atoms with Crippen LogP contribution >= 0.6 is 0 Å². The first kappa shape index (κ1) is 28.1. The number of pyridine rings is 1. The van der Waals surface area contributed by atoms with Crippen LogP contribution in [0, 0.1) is 11.3 Å². The van der Waals surface area contributed by atoms with Gasteiger partial charge < -0.3 is 23.5 Å². The average Bonchev–Trinajstić information content (AvgIpc) is 3.37. The molecule has 2 aliphatic rings. The fourth-order valence-electron chi connectivity index (χ4n) is 5.46. The molecule has 1 fully saturated rings. The number of piperidine rings is 1. The lowest BCUT2D eigenvalue weighted by Crippen LogP contribution is -2.43. The molecule has 0 N–H and O–H groups in total. The second kappa shape index (κ2) is 11.2. The van der Waals surface area contributed by atoms with Gasteiger partial charge in [-0.1, -0.05) is 32.9 Å². The molecule has 9 nitrogen and oxygen atoms in total. The van der Waals surface area contributed by atoms with Crippen LogP contribution in [0.5, 0.6) is 5.75 Å². The van der Waals surface area contributed by atoms with Gasteiger partial charge in [-0.25, -0.2) is 0 Å². The summed E-state index contributed by atoms with van der Waals surface area (Å²) in [7, 11) is 0.173. The van der Waals surface area contributed by atoms with Gasteiger partial charge in [-0.3, -0.25) is 4.98 Å². The number of hydrogen-bond acceptors (Lipinski definition) is 8. The number of aromatic nitrogens is 4. The number of nitriles is 1. The Morgan fingerprint density at radius 3 is 2.58 bits per heavy atom. The van der Waals surface area contributed by atoms with Crippen molar-refractivity contribution in [2.75, 3.05) is 49.2 Å². The van der Waals surface area contributed by atoms with Gasteiger partial charge in [0.15, 0.2) is 14.1 Å². The Morgan fingerprint density at radius 2 is 1.90 bits per heavy atom. The summed E-state index contributed by atoms with van der Waals surface area (Å²) in [6.07, 6.45) is 7.44. The molecule has 0 amide bonds. The van der Waals surface area contributed by atoms with Crippen LogP contribution in [0.15, 0.2) is 36.9 Å². The fourth-order valence-corrected chi connectivity index (χ4v) is 6.49. The number of hydrogen-bond donors (Lipinski definition) is 0. The summed E-state index contributed by atoms with van der Waals surface area (Å²) in [6.45, 7) is 15.9. The van der Waals surface area contributed by atoms with Gasteiger partial charge in [0.25, 0.3) is 0 Å². The average molecular weight is 560 g/mol. The quantitative estimate of drug-likeness (QED) is 0.358. The molecule has 0 spiro atoms. The van der Waals surface area contributed by atoms with Gasteiger partial charge in [-0.15, -0.1) is 10.2 Å². The van der Waals surface area contributed by atoms with Gasteiger partial charge in [0, 0.05) is 49.9 Å². The number of aryl methyl sites for hydroxylation is 1. The molecular formula is C30H41N7O2Si. The van der Waals surface area contributed by atoms with Gasteiger partial charge in [-0.2, -0.15) is 5.26 Å². The number of fused-ring (bicyclic) bond motifs is 1. The van der Waals surface area contributed by atoms with Crippen LogP contribution in [0.4, 0.5) is 11.4 Å². The van der Waals surface area contributed by atoms with Crippen molar-refractivity contribution in [1.82, 2.24) is 19.7 Å². The second-order valence-electron chi connectivity index (χ2n) is 12.4. The highest BCUT2D eigenvalue weighted by atomic mass is 28.4. The van der Waals surface area contributed by atoms with E-state index in [1.807, 2.05) is 36.1 Å². The summed E-state index contributed by atoms with van der Waals surface area (Å²) < 4.78 is 14.8. The molecule has 212 valence electrons. The third-order valence-corrected chi connectivity index (χ3v) is 13.4. The summed E-state index contributed by atoms with van der Waals surface area (Å²) in [5, 5.41) is 18.7. The van der Waals surface area contributed by atoms with Crippen LogP contribution in [-0.2, 0) is 11.5 Å². The summed E-state index contributed by atoms with van der Waals surface area (Å²) in [6, 6.07) is 8.39. The SMILES string of the molecule is Cn1cnnc1C1CCN(c2c(C#N)cccc2-c2cncc3c2OCCN3CCO[Si](C)(C)C(C)(C)C)CC1. The molecule has 0 unspecified atom stereocenters. The van der Waals surface area contributed by atoms with E-state index in [2.05, 4.69) is 71.0 Å². The topological polar surface area (TPSA) is 92.3 Å². The van der Waals surface area contributed by atoms with Gasteiger partial charge in [0.05, 0.1) is 36.3 Å². The van der Waals surface area contributed by atoms with Crippen molar-refractivity contribution in [3.63, 3.8) is 0 Å². The van der Waals surface area contributed by atoms with Crippen molar-refractivity contribution in [2.24, 2.45) is 7.05 Å². The number of ether oxygens (including phenoxy) is 1. The Hall–Kier alpha value is -3.42. The van der Waals surface area contributed by atoms with Crippen LogP contribution < -0.4 is 14.5 Å². The maximum Gasteiger partial charge on any atom is 0.192 e. The van der Waals surface area contributed by atoms with Crippen molar-refractivity contribution in [1.29, 1.82) is 5.26 Å². The molecule has 0 aliphatic carbocycles. The van der Waals surface area contributed by atoms with Crippen LogP contribution in [-0.4, -0.2) is 67.5 Å². The number of benzene rings is 1. The molecule has 40 heavy (non-hydrogen) atoms. The molecule has 5 rings (SSSR count). The molecule has 1 aromatic carbocycles. The molecule has 10 heteroatoms. The third kappa shape index (κ3) is 5.45. The van der Waals surface area contributed by atoms with E-state index in [0.29, 0.717) is 24.7 Å². The lowest BCUT2D eigenvalue weighted by Gasteiger charge is -2.38. The maximum absolute atomic E-state index is 10.1. The predicted octanol–water partition coefficient (Wildman–Crippen LogP) is 5.35. The summed E-state index contributed by atoms with van der Waals surface area (Å²) in [4.78, 5) is 9.31. The van der Waals surface area contributed by atoms with Gasteiger partial charge in [-0.05, 0) is 37.0 Å². The van der Waals surface area contributed by atoms with Crippen LogP contribution in [0.3, 0.4) is 0 Å². The Labute approximate surface area is 238 Å². The van der Waals surface area contributed by atoms with E-state index < -0.39 is 8.32 Å². The molecule has 2 aliphatic heterocycles. The van der Waals surface area contributed by atoms with Crippen LogP contribution in [0.1, 0.15) is 50.9 Å². The molecule has 3 aromatic rings. The Balaban J connectivity index is 1.41. The Bertz CT molecular complexity index is 1380. The van der Waals surface area contributed by atoms with Crippen molar-refractivity contribution < 1.29 is 9.16 Å². The largest absolute Gasteiger partial charge is 0.489 e. The third-order valence-electron chi connectivity index (χ3n) is 8.83. The number of para-hydroxylation sites is 1. The molecule has 4 heterocycles.